The van der Waals surface area contributed by atoms with Gasteiger partial charge < -0.3 is 10.6 Å². The molecule has 1 atom stereocenters. The summed E-state index contributed by atoms with van der Waals surface area (Å²) in [7, 11) is 2.01. The summed E-state index contributed by atoms with van der Waals surface area (Å²) < 4.78 is 0. The van der Waals surface area contributed by atoms with E-state index in [4.69, 9.17) is 0 Å². The van der Waals surface area contributed by atoms with Crippen LogP contribution in [0.5, 0.6) is 0 Å². The first kappa shape index (κ1) is 15.2. The molecule has 1 amide bonds. The third-order valence-electron chi connectivity index (χ3n) is 4.64. The maximum atomic E-state index is 12.2. The van der Waals surface area contributed by atoms with Crippen LogP contribution in [0, 0.1) is 0 Å². The summed E-state index contributed by atoms with van der Waals surface area (Å²) >= 11 is 2.03. The number of hydrogen-bond donors (Lipinski definition) is 2. The van der Waals surface area contributed by atoms with Crippen molar-refractivity contribution < 1.29 is 4.79 Å². The van der Waals surface area contributed by atoms with E-state index >= 15 is 0 Å². The zero-order chi connectivity index (χ0) is 13.6. The summed E-state index contributed by atoms with van der Waals surface area (Å²) in [5.74, 6) is 1.50. The Kier molecular flexibility index (Phi) is 6.02. The summed E-state index contributed by atoms with van der Waals surface area (Å²) in [5, 5.41) is 7.23. The minimum absolute atomic E-state index is 0.0715. The van der Waals surface area contributed by atoms with Gasteiger partial charge in [-0.15, -0.1) is 0 Å². The predicted octanol–water partition coefficient (Wildman–Crippen LogP) is 2.70. The normalized spacial score (nSPS) is 26.9. The molecule has 19 heavy (non-hydrogen) atoms. The molecule has 2 aliphatic rings. The maximum Gasteiger partial charge on any atom is 0.221 e. The van der Waals surface area contributed by atoms with Gasteiger partial charge in [-0.1, -0.05) is 25.7 Å². The van der Waals surface area contributed by atoms with Crippen molar-refractivity contribution in [2.75, 3.05) is 19.3 Å². The number of thioether (sulfide) groups is 1. The topological polar surface area (TPSA) is 41.1 Å². The lowest BCUT2D eigenvalue weighted by molar-refractivity contribution is -0.122. The Balaban J connectivity index is 1.72. The van der Waals surface area contributed by atoms with E-state index in [2.05, 4.69) is 10.6 Å². The molecule has 0 aromatic heterocycles. The molecule has 1 aliphatic heterocycles. The lowest BCUT2D eigenvalue weighted by Crippen LogP contribution is -2.48. The summed E-state index contributed by atoms with van der Waals surface area (Å²) in [4.78, 5) is 12.2. The number of carbonyl (C=O) groups excluding carboxylic acids is 1. The zero-order valence-electron chi connectivity index (χ0n) is 12.2. The number of nitrogens with one attached hydrogen (secondary N) is 2. The average molecular weight is 284 g/mol. The van der Waals surface area contributed by atoms with E-state index in [1.807, 2.05) is 18.8 Å². The molecule has 110 valence electrons. The van der Waals surface area contributed by atoms with Gasteiger partial charge in [0.1, 0.15) is 0 Å². The van der Waals surface area contributed by atoms with Crippen molar-refractivity contribution in [2.24, 2.45) is 0 Å². The number of rotatable bonds is 5. The molecular formula is C15H28N2OS. The van der Waals surface area contributed by atoms with E-state index in [0.717, 1.165) is 19.4 Å². The van der Waals surface area contributed by atoms with Crippen molar-refractivity contribution in [3.8, 4) is 0 Å². The van der Waals surface area contributed by atoms with Crippen LogP contribution in [-0.4, -0.2) is 36.0 Å². The predicted molar refractivity (Wildman–Crippen MR) is 82.6 cm³/mol. The number of hydrogen-bond acceptors (Lipinski definition) is 3. The molecule has 3 nitrogen and oxygen atoms in total. The first-order valence-electron chi connectivity index (χ1n) is 7.81. The largest absolute Gasteiger partial charge is 0.355 e. The van der Waals surface area contributed by atoms with E-state index in [1.165, 1.54) is 44.3 Å². The molecule has 0 radical (unpaired) electrons. The molecule has 0 spiro atoms. The standard InChI is InChI=1S/C15H28N2OS/c1-16-15(8-4-2-5-9-15)11-14(18)17-12-13-7-3-6-10-19-13/h13,16H,2-12H2,1H3,(H,17,18). The second-order valence-electron chi connectivity index (χ2n) is 6.06. The summed E-state index contributed by atoms with van der Waals surface area (Å²) in [6, 6.07) is 0. The molecule has 4 heteroatoms. The third kappa shape index (κ3) is 4.67. The van der Waals surface area contributed by atoms with E-state index in [1.54, 1.807) is 0 Å². The SMILES string of the molecule is CNC1(CC(=O)NCC2CCCCS2)CCCCC1. The van der Waals surface area contributed by atoms with Crippen molar-refractivity contribution >= 4 is 17.7 Å². The fourth-order valence-corrected chi connectivity index (χ4v) is 4.55. The van der Waals surface area contributed by atoms with Crippen LogP contribution in [0.2, 0.25) is 0 Å². The highest BCUT2D eigenvalue weighted by atomic mass is 32.2. The van der Waals surface area contributed by atoms with Gasteiger partial charge in [-0.25, -0.2) is 0 Å². The highest BCUT2D eigenvalue weighted by Gasteiger charge is 2.32. The number of carbonyl (C=O) groups is 1. The first-order valence-corrected chi connectivity index (χ1v) is 8.86. The van der Waals surface area contributed by atoms with Crippen molar-refractivity contribution in [1.29, 1.82) is 0 Å². The van der Waals surface area contributed by atoms with Gasteiger partial charge in [0, 0.05) is 23.8 Å². The Labute approximate surface area is 121 Å². The highest BCUT2D eigenvalue weighted by molar-refractivity contribution is 7.99. The van der Waals surface area contributed by atoms with Crippen molar-refractivity contribution in [1.82, 2.24) is 10.6 Å². The molecule has 2 N–H and O–H groups in total. The van der Waals surface area contributed by atoms with E-state index < -0.39 is 0 Å². The molecule has 1 saturated heterocycles. The first-order chi connectivity index (χ1) is 9.24. The lowest BCUT2D eigenvalue weighted by Gasteiger charge is -2.36. The van der Waals surface area contributed by atoms with Crippen LogP contribution >= 0.6 is 11.8 Å². The Hall–Kier alpha value is -0.220. The van der Waals surface area contributed by atoms with Crippen LogP contribution in [0.25, 0.3) is 0 Å². The smallest absolute Gasteiger partial charge is 0.221 e. The minimum atomic E-state index is 0.0715. The molecule has 1 unspecified atom stereocenters. The quantitative estimate of drug-likeness (QED) is 0.815. The van der Waals surface area contributed by atoms with Gasteiger partial charge in [-0.05, 0) is 38.5 Å². The van der Waals surface area contributed by atoms with Crippen LogP contribution in [0.15, 0.2) is 0 Å². The number of amides is 1. The Morgan fingerprint density at radius 2 is 2.00 bits per heavy atom. The molecule has 1 aliphatic carbocycles. The van der Waals surface area contributed by atoms with Gasteiger partial charge in [0.05, 0.1) is 0 Å². The van der Waals surface area contributed by atoms with Gasteiger partial charge >= 0.3 is 0 Å². The van der Waals surface area contributed by atoms with Crippen LogP contribution in [0.4, 0.5) is 0 Å². The fourth-order valence-electron chi connectivity index (χ4n) is 3.31. The van der Waals surface area contributed by atoms with E-state index in [0.29, 0.717) is 11.7 Å². The average Bonchev–Trinajstić information content (AvgIpc) is 2.47. The molecule has 2 fully saturated rings. The summed E-state index contributed by atoms with van der Waals surface area (Å²) in [6.07, 6.45) is 10.7. The molecule has 0 aromatic rings. The van der Waals surface area contributed by atoms with Crippen LogP contribution in [0.3, 0.4) is 0 Å². The summed E-state index contributed by atoms with van der Waals surface area (Å²) in [5.41, 5.74) is 0.0715. The molecule has 0 bridgehead atoms. The van der Waals surface area contributed by atoms with Crippen molar-refractivity contribution in [3.63, 3.8) is 0 Å². The van der Waals surface area contributed by atoms with E-state index in [-0.39, 0.29) is 11.4 Å². The molecular weight excluding hydrogens is 256 g/mol. The lowest BCUT2D eigenvalue weighted by atomic mass is 9.79. The Morgan fingerprint density at radius 1 is 1.21 bits per heavy atom. The monoisotopic (exact) mass is 284 g/mol. The molecule has 1 heterocycles. The van der Waals surface area contributed by atoms with Crippen LogP contribution < -0.4 is 10.6 Å². The molecule has 0 aromatic carbocycles. The molecule has 2 rings (SSSR count). The van der Waals surface area contributed by atoms with Gasteiger partial charge in [0.2, 0.25) is 5.91 Å². The Morgan fingerprint density at radius 3 is 2.63 bits per heavy atom. The van der Waals surface area contributed by atoms with Gasteiger partial charge in [-0.3, -0.25) is 4.79 Å². The third-order valence-corrected chi connectivity index (χ3v) is 6.04. The minimum Gasteiger partial charge on any atom is -0.355 e. The van der Waals surface area contributed by atoms with Gasteiger partial charge in [-0.2, -0.15) is 11.8 Å². The highest BCUT2D eigenvalue weighted by Crippen LogP contribution is 2.30. The van der Waals surface area contributed by atoms with Gasteiger partial charge in [0.25, 0.3) is 0 Å². The summed E-state index contributed by atoms with van der Waals surface area (Å²) in [6.45, 7) is 0.864. The van der Waals surface area contributed by atoms with Crippen molar-refractivity contribution in [2.45, 2.75) is 68.6 Å². The Bertz CT molecular complexity index is 284. The van der Waals surface area contributed by atoms with Crippen LogP contribution in [0.1, 0.15) is 57.8 Å². The van der Waals surface area contributed by atoms with E-state index in [9.17, 15) is 4.79 Å². The zero-order valence-corrected chi connectivity index (χ0v) is 13.0. The second kappa shape index (κ2) is 7.53. The molecule has 1 saturated carbocycles. The van der Waals surface area contributed by atoms with Crippen LogP contribution in [-0.2, 0) is 4.79 Å². The fraction of sp³-hybridized carbons (Fsp3) is 0.933. The van der Waals surface area contributed by atoms with Gasteiger partial charge in [0.15, 0.2) is 0 Å². The maximum absolute atomic E-state index is 12.2. The second-order valence-corrected chi connectivity index (χ2v) is 7.47. The van der Waals surface area contributed by atoms with Crippen molar-refractivity contribution in [3.05, 3.63) is 0 Å².